The molecule has 1 aromatic carbocycles. The molecule has 1 aromatic rings. The molecule has 7 heteroatoms. The number of benzene rings is 1. The molecule has 0 bridgehead atoms. The molecule has 92 valence electrons. The lowest BCUT2D eigenvalue weighted by Gasteiger charge is -2.06. The average Bonchev–Trinajstić information content (AvgIpc) is 2.23. The highest BCUT2D eigenvalue weighted by Crippen LogP contribution is 2.21. The minimum atomic E-state index is -0.909. The molecule has 0 radical (unpaired) electrons. The summed E-state index contributed by atoms with van der Waals surface area (Å²) >= 11 is 5.62. The van der Waals surface area contributed by atoms with Crippen LogP contribution in [0.15, 0.2) is 18.2 Å². The summed E-state index contributed by atoms with van der Waals surface area (Å²) in [5, 5.41) is 12.2. The first-order valence-corrected chi connectivity index (χ1v) is 5.07. The van der Waals surface area contributed by atoms with Gasteiger partial charge in [-0.1, -0.05) is 11.6 Å². The number of rotatable bonds is 4. The van der Waals surface area contributed by atoms with Crippen molar-refractivity contribution in [2.24, 2.45) is 5.73 Å². The number of amides is 2. The lowest BCUT2D eigenvalue weighted by molar-refractivity contribution is 0.0934. The van der Waals surface area contributed by atoms with Gasteiger partial charge in [-0.2, -0.15) is 0 Å². The summed E-state index contributed by atoms with van der Waals surface area (Å²) in [7, 11) is 0. The normalized spacial score (nSPS) is 9.71. The molecule has 17 heavy (non-hydrogen) atoms. The maximum atomic E-state index is 11.5. The summed E-state index contributed by atoms with van der Waals surface area (Å²) in [6.45, 7) is 0.0687. The van der Waals surface area contributed by atoms with E-state index in [0.717, 1.165) is 0 Å². The molecule has 0 spiro atoms. The highest BCUT2D eigenvalue weighted by molar-refractivity contribution is 6.30. The van der Waals surface area contributed by atoms with Gasteiger partial charge in [0, 0.05) is 5.02 Å². The van der Waals surface area contributed by atoms with Crippen molar-refractivity contribution in [3.63, 3.8) is 0 Å². The molecule has 1 rings (SSSR count). The van der Waals surface area contributed by atoms with E-state index in [-0.39, 0.29) is 24.5 Å². The number of nitrogens with two attached hydrogens (primary N) is 1. The highest BCUT2D eigenvalue weighted by Gasteiger charge is 2.10. The van der Waals surface area contributed by atoms with Crippen molar-refractivity contribution in [1.82, 2.24) is 5.32 Å². The Morgan fingerprint density at radius 1 is 1.47 bits per heavy atom. The molecule has 4 N–H and O–H groups in total. The Bertz CT molecular complexity index is 436. The predicted octanol–water partition coefficient (Wildman–Crippen LogP) is 0.871. The van der Waals surface area contributed by atoms with Gasteiger partial charge in [-0.05, 0) is 18.2 Å². The summed E-state index contributed by atoms with van der Waals surface area (Å²) < 4.78 is 4.42. The van der Waals surface area contributed by atoms with Gasteiger partial charge in [-0.15, -0.1) is 0 Å². The number of ether oxygens (including phenoxy) is 1. The van der Waals surface area contributed by atoms with Crippen molar-refractivity contribution < 1.29 is 19.4 Å². The number of nitrogens with one attached hydrogen (secondary N) is 1. The Hall–Kier alpha value is -1.95. The van der Waals surface area contributed by atoms with Gasteiger partial charge in [-0.25, -0.2) is 4.79 Å². The second-order valence-corrected chi connectivity index (χ2v) is 3.52. The zero-order valence-corrected chi connectivity index (χ0v) is 9.53. The topological polar surface area (TPSA) is 102 Å². The van der Waals surface area contributed by atoms with E-state index in [2.05, 4.69) is 10.1 Å². The Labute approximate surface area is 102 Å². The van der Waals surface area contributed by atoms with Crippen LogP contribution in [0.2, 0.25) is 5.02 Å². The second kappa shape index (κ2) is 5.95. The minimum Gasteiger partial charge on any atom is -0.507 e. The van der Waals surface area contributed by atoms with Gasteiger partial charge in [0.1, 0.15) is 12.4 Å². The van der Waals surface area contributed by atoms with E-state index >= 15 is 0 Å². The summed E-state index contributed by atoms with van der Waals surface area (Å²) in [5.41, 5.74) is 4.82. The number of hydrogen-bond acceptors (Lipinski definition) is 4. The van der Waals surface area contributed by atoms with Crippen LogP contribution in [0.25, 0.3) is 0 Å². The Morgan fingerprint density at radius 3 is 2.76 bits per heavy atom. The monoisotopic (exact) mass is 258 g/mol. The molecule has 0 aromatic heterocycles. The summed E-state index contributed by atoms with van der Waals surface area (Å²) in [5.74, 6) is -0.710. The third-order valence-electron chi connectivity index (χ3n) is 1.84. The standard InChI is InChI=1S/C10H11ClN2O4/c11-6-1-2-7(8(14)5-6)9(15)13-3-4-17-10(12)16/h1-2,5,14H,3-4H2,(H2,12,16)(H,13,15). The third-order valence-corrected chi connectivity index (χ3v) is 2.07. The van der Waals surface area contributed by atoms with Gasteiger partial charge in [0.15, 0.2) is 0 Å². The molecule has 0 fully saturated rings. The van der Waals surface area contributed by atoms with Gasteiger partial charge in [0.2, 0.25) is 0 Å². The molecule has 0 unspecified atom stereocenters. The summed E-state index contributed by atoms with van der Waals surface area (Å²) in [6, 6.07) is 4.13. The summed E-state index contributed by atoms with van der Waals surface area (Å²) in [6.07, 6.45) is -0.909. The van der Waals surface area contributed by atoms with Crippen molar-refractivity contribution in [1.29, 1.82) is 0 Å². The van der Waals surface area contributed by atoms with Crippen molar-refractivity contribution in [2.75, 3.05) is 13.2 Å². The molecular formula is C10H11ClN2O4. The van der Waals surface area contributed by atoms with Crippen molar-refractivity contribution in [3.05, 3.63) is 28.8 Å². The molecule has 0 aliphatic rings. The van der Waals surface area contributed by atoms with Crippen LogP contribution >= 0.6 is 11.6 Å². The van der Waals surface area contributed by atoms with Crippen LogP contribution in [-0.2, 0) is 4.74 Å². The van der Waals surface area contributed by atoms with E-state index in [1.807, 2.05) is 0 Å². The highest BCUT2D eigenvalue weighted by atomic mass is 35.5. The maximum absolute atomic E-state index is 11.5. The van der Waals surface area contributed by atoms with Crippen LogP contribution in [0.3, 0.4) is 0 Å². The van der Waals surface area contributed by atoms with Crippen LogP contribution in [0, 0.1) is 0 Å². The number of phenolic OH excluding ortho intramolecular Hbond substituents is 1. The number of hydrogen-bond donors (Lipinski definition) is 3. The molecule has 2 amide bonds. The van der Waals surface area contributed by atoms with Crippen LogP contribution in [0.1, 0.15) is 10.4 Å². The third kappa shape index (κ3) is 4.20. The van der Waals surface area contributed by atoms with Crippen LogP contribution in [0.4, 0.5) is 4.79 Å². The molecule has 0 aliphatic heterocycles. The Kier molecular flexibility index (Phi) is 4.59. The van der Waals surface area contributed by atoms with E-state index in [9.17, 15) is 14.7 Å². The van der Waals surface area contributed by atoms with Crippen LogP contribution in [-0.4, -0.2) is 30.3 Å². The number of carbonyl (C=O) groups excluding carboxylic acids is 2. The van der Waals surface area contributed by atoms with Gasteiger partial charge in [-0.3, -0.25) is 4.79 Å². The van der Waals surface area contributed by atoms with Crippen molar-refractivity contribution >= 4 is 23.6 Å². The fraction of sp³-hybridized carbons (Fsp3) is 0.200. The van der Waals surface area contributed by atoms with Crippen LogP contribution < -0.4 is 11.1 Å². The fourth-order valence-electron chi connectivity index (χ4n) is 1.11. The summed E-state index contributed by atoms with van der Waals surface area (Å²) in [4.78, 5) is 21.8. The quantitative estimate of drug-likeness (QED) is 0.698. The lowest BCUT2D eigenvalue weighted by atomic mass is 10.2. The van der Waals surface area contributed by atoms with E-state index in [1.54, 1.807) is 0 Å². The number of carbonyl (C=O) groups is 2. The zero-order chi connectivity index (χ0) is 12.8. The minimum absolute atomic E-state index is 0.0323. The van der Waals surface area contributed by atoms with Gasteiger partial charge in [0.25, 0.3) is 5.91 Å². The zero-order valence-electron chi connectivity index (χ0n) is 8.77. The number of aromatic hydroxyl groups is 1. The van der Waals surface area contributed by atoms with E-state index in [4.69, 9.17) is 17.3 Å². The first-order chi connectivity index (χ1) is 8.00. The molecule has 0 saturated carbocycles. The smallest absolute Gasteiger partial charge is 0.404 e. The molecule has 0 aliphatic carbocycles. The Balaban J connectivity index is 2.50. The van der Waals surface area contributed by atoms with Gasteiger partial charge in [0.05, 0.1) is 12.1 Å². The number of halogens is 1. The maximum Gasteiger partial charge on any atom is 0.404 e. The van der Waals surface area contributed by atoms with Gasteiger partial charge >= 0.3 is 6.09 Å². The molecular weight excluding hydrogens is 248 g/mol. The predicted molar refractivity (Wildman–Crippen MR) is 61.0 cm³/mol. The van der Waals surface area contributed by atoms with Crippen molar-refractivity contribution in [3.8, 4) is 5.75 Å². The van der Waals surface area contributed by atoms with E-state index in [1.165, 1.54) is 18.2 Å². The molecule has 0 atom stereocenters. The van der Waals surface area contributed by atoms with E-state index < -0.39 is 12.0 Å². The number of phenols is 1. The molecule has 0 saturated heterocycles. The molecule has 0 heterocycles. The van der Waals surface area contributed by atoms with E-state index in [0.29, 0.717) is 5.02 Å². The fourth-order valence-corrected chi connectivity index (χ4v) is 1.27. The van der Waals surface area contributed by atoms with Gasteiger partial charge < -0.3 is 20.9 Å². The number of primary amides is 1. The second-order valence-electron chi connectivity index (χ2n) is 3.08. The Morgan fingerprint density at radius 2 is 2.18 bits per heavy atom. The average molecular weight is 259 g/mol. The SMILES string of the molecule is NC(=O)OCCNC(=O)c1ccc(Cl)cc1O. The first kappa shape index (κ1) is 13.1. The lowest BCUT2D eigenvalue weighted by Crippen LogP contribution is -2.29. The van der Waals surface area contributed by atoms with Crippen LogP contribution in [0.5, 0.6) is 5.75 Å². The van der Waals surface area contributed by atoms with Crippen molar-refractivity contribution in [2.45, 2.75) is 0 Å². The first-order valence-electron chi connectivity index (χ1n) is 4.69. The largest absolute Gasteiger partial charge is 0.507 e. The molecule has 6 nitrogen and oxygen atoms in total.